The van der Waals surface area contributed by atoms with Crippen molar-refractivity contribution in [3.63, 3.8) is 0 Å². The van der Waals surface area contributed by atoms with Crippen LogP contribution in [0.4, 0.5) is 10.2 Å². The molecule has 32 heavy (non-hydrogen) atoms. The average molecular weight is 459 g/mol. The molecule has 0 N–H and O–H groups in total. The van der Waals surface area contributed by atoms with Crippen LogP contribution in [-0.4, -0.2) is 54.4 Å². The molecule has 2 fully saturated rings. The molecule has 9 heteroatoms. The lowest BCUT2D eigenvalue weighted by molar-refractivity contribution is -0.0365. The summed E-state index contributed by atoms with van der Waals surface area (Å²) in [4.78, 5) is 6.23. The maximum Gasteiger partial charge on any atom is 0.166 e. The van der Waals surface area contributed by atoms with Crippen molar-refractivity contribution in [3.05, 3.63) is 42.3 Å². The molecule has 4 heterocycles. The van der Waals surface area contributed by atoms with Gasteiger partial charge in [0.1, 0.15) is 15.5 Å². The molecule has 3 aromatic rings. The standard InChI is InChI=1S/C23H27FN4O3S/c1-15-17(14-32(2,29)30)13-27(15)23-19(24)11-16(12-25-23)22-18-7-3-4-8-20(18)28(26-22)21-9-5-6-10-31-21/h3-4,7-8,11-12,15,17,21H,5-6,9-10,13-14H2,1-2H3/t15-,17-,21?/m1/s1. The van der Waals surface area contributed by atoms with Crippen molar-refractivity contribution < 1.29 is 17.5 Å². The SMILES string of the molecule is C[C@@H]1[C@@H](CS(C)(=O)=O)CN1c1ncc(-c2nn(C3CCCCO3)c3ccccc23)cc1F. The van der Waals surface area contributed by atoms with Crippen LogP contribution in [-0.2, 0) is 14.6 Å². The first-order valence-electron chi connectivity index (χ1n) is 11.0. The number of para-hydroxylation sites is 1. The molecular formula is C23H27FN4O3S. The number of halogens is 1. The molecule has 0 aliphatic carbocycles. The molecular weight excluding hydrogens is 431 g/mol. The Morgan fingerprint density at radius 2 is 2.06 bits per heavy atom. The van der Waals surface area contributed by atoms with Gasteiger partial charge in [-0.3, -0.25) is 0 Å². The first-order valence-corrected chi connectivity index (χ1v) is 13.1. The molecule has 3 atom stereocenters. The van der Waals surface area contributed by atoms with E-state index >= 15 is 4.39 Å². The number of ether oxygens (including phenoxy) is 1. The third kappa shape index (κ3) is 3.88. The van der Waals surface area contributed by atoms with Crippen molar-refractivity contribution in [3.8, 4) is 11.3 Å². The van der Waals surface area contributed by atoms with Crippen LogP contribution in [0, 0.1) is 11.7 Å². The van der Waals surface area contributed by atoms with Gasteiger partial charge in [-0.25, -0.2) is 22.5 Å². The van der Waals surface area contributed by atoms with E-state index in [1.54, 1.807) is 6.20 Å². The molecule has 7 nitrogen and oxygen atoms in total. The van der Waals surface area contributed by atoms with Crippen LogP contribution >= 0.6 is 0 Å². The second-order valence-electron chi connectivity index (χ2n) is 8.91. The first-order chi connectivity index (χ1) is 15.3. The van der Waals surface area contributed by atoms with E-state index in [4.69, 9.17) is 9.84 Å². The van der Waals surface area contributed by atoms with Crippen LogP contribution in [0.5, 0.6) is 0 Å². The number of aromatic nitrogens is 3. The largest absolute Gasteiger partial charge is 0.356 e. The van der Waals surface area contributed by atoms with Gasteiger partial charge in [0.2, 0.25) is 0 Å². The zero-order valence-electron chi connectivity index (χ0n) is 18.2. The Morgan fingerprint density at radius 3 is 2.75 bits per heavy atom. The van der Waals surface area contributed by atoms with Crippen LogP contribution in [0.2, 0.25) is 0 Å². The molecule has 170 valence electrons. The fourth-order valence-electron chi connectivity index (χ4n) is 4.76. The summed E-state index contributed by atoms with van der Waals surface area (Å²) in [5, 5.41) is 5.74. The summed E-state index contributed by atoms with van der Waals surface area (Å²) in [6, 6.07) is 9.29. The van der Waals surface area contributed by atoms with E-state index in [1.807, 2.05) is 40.8 Å². The lowest BCUT2D eigenvalue weighted by Crippen LogP contribution is -2.57. The van der Waals surface area contributed by atoms with Crippen molar-refractivity contribution in [2.24, 2.45) is 5.92 Å². The highest BCUT2D eigenvalue weighted by Crippen LogP contribution is 2.36. The van der Waals surface area contributed by atoms with E-state index in [-0.39, 0.29) is 29.8 Å². The summed E-state index contributed by atoms with van der Waals surface area (Å²) in [6.07, 6.45) is 5.81. The van der Waals surface area contributed by atoms with Crippen molar-refractivity contribution in [2.75, 3.05) is 30.1 Å². The third-order valence-electron chi connectivity index (χ3n) is 6.53. The first kappa shape index (κ1) is 21.3. The maximum absolute atomic E-state index is 15.1. The fraction of sp³-hybridized carbons (Fsp3) is 0.478. The quantitative estimate of drug-likeness (QED) is 0.579. The zero-order chi connectivity index (χ0) is 22.5. The third-order valence-corrected chi connectivity index (χ3v) is 7.56. The molecule has 1 unspecified atom stereocenters. The van der Waals surface area contributed by atoms with Crippen molar-refractivity contribution in [1.29, 1.82) is 0 Å². The van der Waals surface area contributed by atoms with Gasteiger partial charge in [0.15, 0.2) is 17.9 Å². The summed E-state index contributed by atoms with van der Waals surface area (Å²) in [5.41, 5.74) is 2.25. The number of benzene rings is 1. The molecule has 2 saturated heterocycles. The molecule has 1 aromatic carbocycles. The van der Waals surface area contributed by atoms with Crippen LogP contribution in [0.3, 0.4) is 0 Å². The van der Waals surface area contributed by atoms with Crippen LogP contribution in [0.15, 0.2) is 36.5 Å². The van der Waals surface area contributed by atoms with E-state index in [2.05, 4.69) is 4.98 Å². The van der Waals surface area contributed by atoms with Crippen LogP contribution in [0.1, 0.15) is 32.4 Å². The number of pyridine rings is 1. The lowest BCUT2D eigenvalue weighted by atomic mass is 9.91. The molecule has 2 aromatic heterocycles. The van der Waals surface area contributed by atoms with Gasteiger partial charge >= 0.3 is 0 Å². The highest BCUT2D eigenvalue weighted by atomic mass is 32.2. The number of hydrogen-bond acceptors (Lipinski definition) is 6. The molecule has 0 amide bonds. The number of sulfone groups is 1. The summed E-state index contributed by atoms with van der Waals surface area (Å²) >= 11 is 0. The van der Waals surface area contributed by atoms with Gasteiger partial charge in [0.05, 0.1) is 11.3 Å². The lowest BCUT2D eigenvalue weighted by Gasteiger charge is -2.47. The smallest absolute Gasteiger partial charge is 0.166 e. The second kappa shape index (κ2) is 8.12. The predicted molar refractivity (Wildman–Crippen MR) is 122 cm³/mol. The highest BCUT2D eigenvalue weighted by Gasteiger charge is 2.39. The van der Waals surface area contributed by atoms with Gasteiger partial charge in [0.25, 0.3) is 0 Å². The minimum Gasteiger partial charge on any atom is -0.356 e. The number of anilines is 1. The number of rotatable bonds is 5. The van der Waals surface area contributed by atoms with E-state index in [1.165, 1.54) is 12.3 Å². The molecule has 0 spiro atoms. The van der Waals surface area contributed by atoms with E-state index < -0.39 is 15.7 Å². The van der Waals surface area contributed by atoms with Gasteiger partial charge in [-0.15, -0.1) is 0 Å². The fourth-order valence-corrected chi connectivity index (χ4v) is 5.92. The summed E-state index contributed by atoms with van der Waals surface area (Å²) < 4.78 is 46.1. The van der Waals surface area contributed by atoms with Gasteiger partial charge in [-0.05, 0) is 38.3 Å². The van der Waals surface area contributed by atoms with Crippen molar-refractivity contribution in [1.82, 2.24) is 14.8 Å². The van der Waals surface area contributed by atoms with Crippen molar-refractivity contribution in [2.45, 2.75) is 38.5 Å². The monoisotopic (exact) mass is 458 g/mol. The minimum atomic E-state index is -3.07. The Bertz CT molecular complexity index is 1250. The van der Waals surface area contributed by atoms with Crippen LogP contribution < -0.4 is 4.90 Å². The summed E-state index contributed by atoms with van der Waals surface area (Å²) in [6.45, 7) is 3.11. The van der Waals surface area contributed by atoms with Gasteiger partial charge in [-0.1, -0.05) is 18.2 Å². The summed E-state index contributed by atoms with van der Waals surface area (Å²) in [7, 11) is -3.07. The number of hydrogen-bond donors (Lipinski definition) is 0. The number of nitrogens with zero attached hydrogens (tertiary/aromatic N) is 4. The molecule has 2 aliphatic rings. The normalized spacial score (nSPS) is 24.0. The Labute approximate surface area is 187 Å². The second-order valence-corrected chi connectivity index (χ2v) is 11.1. The summed E-state index contributed by atoms with van der Waals surface area (Å²) in [5.74, 6) is -0.0807. The Morgan fingerprint density at radius 1 is 1.25 bits per heavy atom. The minimum absolute atomic E-state index is 0.0130. The molecule has 0 saturated carbocycles. The van der Waals surface area contributed by atoms with Gasteiger partial charge < -0.3 is 9.64 Å². The number of fused-ring (bicyclic) bond motifs is 1. The van der Waals surface area contributed by atoms with Gasteiger partial charge in [-0.2, -0.15) is 5.10 Å². The van der Waals surface area contributed by atoms with Crippen LogP contribution in [0.25, 0.3) is 22.2 Å². The predicted octanol–water partition coefficient (Wildman–Crippen LogP) is 3.81. The molecule has 2 aliphatic heterocycles. The van der Waals surface area contributed by atoms with Gasteiger partial charge in [0, 0.05) is 48.5 Å². The Hall–Kier alpha value is -2.52. The maximum atomic E-state index is 15.1. The average Bonchev–Trinajstić information content (AvgIpc) is 3.16. The highest BCUT2D eigenvalue weighted by molar-refractivity contribution is 7.90. The van der Waals surface area contributed by atoms with E-state index in [9.17, 15) is 8.42 Å². The molecule has 0 bridgehead atoms. The topological polar surface area (TPSA) is 77.3 Å². The van der Waals surface area contributed by atoms with E-state index in [0.29, 0.717) is 24.4 Å². The molecule has 5 rings (SSSR count). The zero-order valence-corrected chi connectivity index (χ0v) is 19.1. The van der Waals surface area contributed by atoms with Crippen molar-refractivity contribution >= 4 is 26.6 Å². The Balaban J connectivity index is 1.45. The Kier molecular flexibility index (Phi) is 5.41. The molecule has 0 radical (unpaired) electrons. The van der Waals surface area contributed by atoms with E-state index in [0.717, 1.165) is 30.2 Å².